The van der Waals surface area contributed by atoms with E-state index in [-0.39, 0.29) is 29.9 Å². The van der Waals surface area contributed by atoms with Crippen molar-refractivity contribution in [3.05, 3.63) is 21.9 Å². The van der Waals surface area contributed by atoms with Gasteiger partial charge in [-0.3, -0.25) is 9.59 Å². The summed E-state index contributed by atoms with van der Waals surface area (Å²) >= 11 is 1.76. The van der Waals surface area contributed by atoms with E-state index in [2.05, 4.69) is 24.4 Å². The predicted molar refractivity (Wildman–Crippen MR) is 83.2 cm³/mol. The molecule has 3 unspecified atom stereocenters. The Kier molecular flexibility index (Phi) is 3.78. The summed E-state index contributed by atoms with van der Waals surface area (Å²) in [6.07, 6.45) is 2.92. The first-order valence-electron chi connectivity index (χ1n) is 7.65. The zero-order valence-electron chi connectivity index (χ0n) is 12.8. The van der Waals surface area contributed by atoms with E-state index in [0.717, 1.165) is 19.3 Å². The van der Waals surface area contributed by atoms with Crippen molar-refractivity contribution < 1.29 is 9.59 Å². The van der Waals surface area contributed by atoms with Crippen LogP contribution in [0, 0.1) is 12.8 Å². The molecule has 1 saturated heterocycles. The lowest BCUT2D eigenvalue weighted by Gasteiger charge is -2.41. The van der Waals surface area contributed by atoms with Gasteiger partial charge in [-0.25, -0.2) is 0 Å². The second-order valence-corrected chi connectivity index (χ2v) is 7.68. The second kappa shape index (κ2) is 5.44. The van der Waals surface area contributed by atoms with Crippen LogP contribution in [-0.2, 0) is 16.0 Å². The quantitative estimate of drug-likeness (QED) is 0.926. The van der Waals surface area contributed by atoms with Crippen LogP contribution in [0.25, 0.3) is 0 Å². The van der Waals surface area contributed by atoms with E-state index >= 15 is 0 Å². The molecule has 4 nitrogen and oxygen atoms in total. The highest BCUT2D eigenvalue weighted by Crippen LogP contribution is 2.35. The lowest BCUT2D eigenvalue weighted by atomic mass is 10.0. The Hall–Kier alpha value is -1.36. The van der Waals surface area contributed by atoms with E-state index in [0.29, 0.717) is 5.92 Å². The number of carbonyl (C=O) groups excluding carboxylic acids is 2. The summed E-state index contributed by atoms with van der Waals surface area (Å²) in [4.78, 5) is 29.2. The van der Waals surface area contributed by atoms with Gasteiger partial charge in [-0.05, 0) is 51.7 Å². The molecule has 1 aliphatic heterocycles. The van der Waals surface area contributed by atoms with Gasteiger partial charge < -0.3 is 10.2 Å². The van der Waals surface area contributed by atoms with Crippen molar-refractivity contribution in [3.63, 3.8) is 0 Å². The predicted octanol–water partition coefficient (Wildman–Crippen LogP) is 2.11. The van der Waals surface area contributed by atoms with Crippen molar-refractivity contribution >= 4 is 23.2 Å². The molecule has 0 bridgehead atoms. The molecule has 0 radical (unpaired) electrons. The third kappa shape index (κ3) is 2.84. The maximum absolute atomic E-state index is 12.7. The van der Waals surface area contributed by atoms with E-state index < -0.39 is 0 Å². The number of piperazine rings is 1. The largest absolute Gasteiger partial charge is 0.342 e. The first-order chi connectivity index (χ1) is 9.97. The first kappa shape index (κ1) is 14.6. The van der Waals surface area contributed by atoms with Crippen LogP contribution in [0.15, 0.2) is 12.1 Å². The van der Waals surface area contributed by atoms with E-state index in [1.165, 1.54) is 9.75 Å². The molecular weight excluding hydrogens is 284 g/mol. The van der Waals surface area contributed by atoms with Gasteiger partial charge in [-0.1, -0.05) is 0 Å². The smallest absolute Gasteiger partial charge is 0.246 e. The fourth-order valence-electron chi connectivity index (χ4n) is 3.15. The average Bonchev–Trinajstić information content (AvgIpc) is 3.18. The van der Waals surface area contributed by atoms with Gasteiger partial charge in [0, 0.05) is 22.2 Å². The topological polar surface area (TPSA) is 49.4 Å². The monoisotopic (exact) mass is 306 g/mol. The minimum absolute atomic E-state index is 0.0132. The molecule has 3 rings (SSSR count). The molecule has 1 aromatic rings. The highest BCUT2D eigenvalue weighted by atomic mass is 32.1. The molecule has 2 amide bonds. The summed E-state index contributed by atoms with van der Waals surface area (Å²) in [6, 6.07) is 3.62. The van der Waals surface area contributed by atoms with Gasteiger partial charge in [0.05, 0.1) is 0 Å². The van der Waals surface area contributed by atoms with Crippen LogP contribution in [0.2, 0.25) is 0 Å². The van der Waals surface area contributed by atoms with Crippen LogP contribution in [0.5, 0.6) is 0 Å². The maximum Gasteiger partial charge on any atom is 0.246 e. The van der Waals surface area contributed by atoms with Crippen molar-refractivity contribution in [2.24, 2.45) is 5.92 Å². The molecule has 2 fully saturated rings. The number of hydrogen-bond donors (Lipinski definition) is 1. The minimum Gasteiger partial charge on any atom is -0.342 e. The van der Waals surface area contributed by atoms with Crippen LogP contribution >= 0.6 is 11.3 Å². The van der Waals surface area contributed by atoms with Crippen molar-refractivity contribution in [1.29, 1.82) is 0 Å². The molecule has 5 heteroatoms. The van der Waals surface area contributed by atoms with Gasteiger partial charge in [0.2, 0.25) is 11.8 Å². The fraction of sp³-hybridized carbons (Fsp3) is 0.625. The SMILES string of the molecule is Cc1ccc(CC(C)N2C(=O)C(C3CC3)NC(=O)C2C)s1. The standard InChI is InChI=1S/C16H22N2O2S/c1-9(8-13-7-4-10(2)21-13)18-11(3)15(19)17-14(16(18)20)12-5-6-12/h4,7,9,11-12,14H,5-6,8H2,1-3H3,(H,17,19). The van der Waals surface area contributed by atoms with Gasteiger partial charge >= 0.3 is 0 Å². The third-order valence-electron chi connectivity index (χ3n) is 4.48. The summed E-state index contributed by atoms with van der Waals surface area (Å²) in [6.45, 7) is 5.96. The number of hydrogen-bond acceptors (Lipinski definition) is 3. The molecule has 1 aromatic heterocycles. The number of carbonyl (C=O) groups is 2. The fourth-order valence-corrected chi connectivity index (χ4v) is 4.16. The van der Waals surface area contributed by atoms with Crippen molar-refractivity contribution in [3.8, 4) is 0 Å². The number of amides is 2. The van der Waals surface area contributed by atoms with Gasteiger partial charge in [0.15, 0.2) is 0 Å². The second-order valence-electron chi connectivity index (χ2n) is 6.31. The Labute approximate surface area is 129 Å². The van der Waals surface area contributed by atoms with E-state index in [4.69, 9.17) is 0 Å². The molecular formula is C16H22N2O2S. The number of nitrogens with zero attached hydrogens (tertiary/aromatic N) is 1. The summed E-state index contributed by atoms with van der Waals surface area (Å²) < 4.78 is 0. The van der Waals surface area contributed by atoms with Gasteiger partial charge in [0.1, 0.15) is 12.1 Å². The molecule has 0 aromatic carbocycles. The highest BCUT2D eigenvalue weighted by molar-refractivity contribution is 7.11. The maximum atomic E-state index is 12.7. The number of rotatable bonds is 4. The van der Waals surface area contributed by atoms with Crippen LogP contribution in [0.3, 0.4) is 0 Å². The zero-order valence-corrected chi connectivity index (χ0v) is 13.6. The molecule has 21 heavy (non-hydrogen) atoms. The summed E-state index contributed by atoms with van der Waals surface area (Å²) in [7, 11) is 0. The summed E-state index contributed by atoms with van der Waals surface area (Å²) in [5, 5.41) is 2.90. The average molecular weight is 306 g/mol. The molecule has 0 spiro atoms. The number of thiophene rings is 1. The van der Waals surface area contributed by atoms with Crippen LogP contribution in [0.4, 0.5) is 0 Å². The molecule has 1 aliphatic carbocycles. The molecule has 114 valence electrons. The third-order valence-corrected chi connectivity index (χ3v) is 5.50. The van der Waals surface area contributed by atoms with Crippen molar-refractivity contribution in [1.82, 2.24) is 10.2 Å². The highest BCUT2D eigenvalue weighted by Gasteiger charge is 2.46. The Balaban J connectivity index is 1.76. The van der Waals surface area contributed by atoms with Gasteiger partial charge in [-0.15, -0.1) is 11.3 Å². The van der Waals surface area contributed by atoms with E-state index in [1.54, 1.807) is 16.2 Å². The molecule has 2 aliphatic rings. The zero-order chi connectivity index (χ0) is 15.1. The Bertz CT molecular complexity index is 564. The van der Waals surface area contributed by atoms with Gasteiger partial charge in [0.25, 0.3) is 0 Å². The lowest BCUT2D eigenvalue weighted by Crippen LogP contribution is -2.65. The molecule has 1 saturated carbocycles. The van der Waals surface area contributed by atoms with E-state index in [1.807, 2.05) is 13.8 Å². The Morgan fingerprint density at radius 2 is 2.10 bits per heavy atom. The molecule has 3 atom stereocenters. The Morgan fingerprint density at radius 3 is 2.67 bits per heavy atom. The van der Waals surface area contributed by atoms with Crippen LogP contribution < -0.4 is 5.32 Å². The lowest BCUT2D eigenvalue weighted by molar-refractivity contribution is -0.151. The summed E-state index contributed by atoms with van der Waals surface area (Å²) in [5.41, 5.74) is 0. The minimum atomic E-state index is -0.372. The van der Waals surface area contributed by atoms with Crippen molar-refractivity contribution in [2.75, 3.05) is 0 Å². The Morgan fingerprint density at radius 1 is 1.38 bits per heavy atom. The molecule has 2 heterocycles. The number of aryl methyl sites for hydroxylation is 1. The van der Waals surface area contributed by atoms with Crippen molar-refractivity contribution in [2.45, 2.75) is 58.2 Å². The normalized spacial score (nSPS) is 27.7. The van der Waals surface area contributed by atoms with Crippen LogP contribution in [-0.4, -0.2) is 34.8 Å². The van der Waals surface area contributed by atoms with Crippen LogP contribution in [0.1, 0.15) is 36.4 Å². The van der Waals surface area contributed by atoms with E-state index in [9.17, 15) is 9.59 Å². The summed E-state index contributed by atoms with van der Waals surface area (Å²) in [5.74, 6) is 0.443. The van der Waals surface area contributed by atoms with Gasteiger partial charge in [-0.2, -0.15) is 0 Å². The first-order valence-corrected chi connectivity index (χ1v) is 8.47. The number of nitrogens with one attached hydrogen (secondary N) is 1. The molecule has 1 N–H and O–H groups in total.